The minimum Gasteiger partial charge on any atom is -0.475 e. The summed E-state index contributed by atoms with van der Waals surface area (Å²) in [7, 11) is 0. The molecule has 1 aliphatic heterocycles. The third-order valence-corrected chi connectivity index (χ3v) is 3.32. The molecule has 82 valence electrons. The highest BCUT2D eigenvalue weighted by Crippen LogP contribution is 2.23. The fourth-order valence-electron chi connectivity index (χ4n) is 1.96. The number of hydrogen-bond acceptors (Lipinski definition) is 2. The second kappa shape index (κ2) is 4.99. The van der Waals surface area contributed by atoms with Gasteiger partial charge in [0, 0.05) is 11.0 Å². The van der Waals surface area contributed by atoms with E-state index in [2.05, 4.69) is 27.8 Å². The van der Waals surface area contributed by atoms with Crippen LogP contribution in [-0.2, 0) is 0 Å². The second-order valence-electron chi connectivity index (χ2n) is 3.80. The van der Waals surface area contributed by atoms with E-state index in [1.165, 1.54) is 6.42 Å². The van der Waals surface area contributed by atoms with Crippen LogP contribution in [0.4, 0.5) is 0 Å². The van der Waals surface area contributed by atoms with Gasteiger partial charge in [0.05, 0.1) is 0 Å². The Morgan fingerprint density at radius 2 is 2.13 bits per heavy atom. The Balaban J connectivity index is 1.99. The van der Waals surface area contributed by atoms with Crippen LogP contribution in [0, 0.1) is 0 Å². The molecule has 1 aromatic carbocycles. The summed E-state index contributed by atoms with van der Waals surface area (Å²) in [6.45, 7) is 4.42. The first-order valence-corrected chi connectivity index (χ1v) is 6.25. The monoisotopic (exact) mass is 269 g/mol. The summed E-state index contributed by atoms with van der Waals surface area (Å²) in [6, 6.07) is 8.05. The van der Waals surface area contributed by atoms with Crippen molar-refractivity contribution in [2.24, 2.45) is 0 Å². The van der Waals surface area contributed by atoms with Crippen molar-refractivity contribution in [3.8, 4) is 5.75 Å². The first kappa shape index (κ1) is 11.0. The average molecular weight is 270 g/mol. The van der Waals surface area contributed by atoms with Crippen LogP contribution in [-0.4, -0.2) is 24.2 Å². The summed E-state index contributed by atoms with van der Waals surface area (Å²) < 4.78 is 7.03. The van der Waals surface area contributed by atoms with Crippen molar-refractivity contribution in [3.05, 3.63) is 28.7 Å². The van der Waals surface area contributed by atoms with E-state index in [0.29, 0.717) is 0 Å². The van der Waals surface area contributed by atoms with Crippen LogP contribution < -0.4 is 4.74 Å². The van der Waals surface area contributed by atoms with Crippen LogP contribution in [0.25, 0.3) is 0 Å². The van der Waals surface area contributed by atoms with Gasteiger partial charge in [0.15, 0.2) is 6.23 Å². The molecular formula is C12H16BrNO. The molecule has 0 spiro atoms. The molecule has 0 saturated carbocycles. The maximum Gasteiger partial charge on any atom is 0.152 e. The molecule has 1 saturated heterocycles. The zero-order valence-electron chi connectivity index (χ0n) is 8.95. The Labute approximate surface area is 99.4 Å². The number of benzene rings is 1. The molecule has 1 fully saturated rings. The third kappa shape index (κ3) is 2.73. The van der Waals surface area contributed by atoms with Gasteiger partial charge in [-0.15, -0.1) is 0 Å². The summed E-state index contributed by atoms with van der Waals surface area (Å²) in [5.74, 6) is 0.962. The van der Waals surface area contributed by atoms with Crippen molar-refractivity contribution in [2.45, 2.75) is 26.0 Å². The van der Waals surface area contributed by atoms with Crippen molar-refractivity contribution in [3.63, 3.8) is 0 Å². The smallest absolute Gasteiger partial charge is 0.152 e. The lowest BCUT2D eigenvalue weighted by molar-refractivity contribution is 0.0650. The summed E-state index contributed by atoms with van der Waals surface area (Å²) >= 11 is 3.42. The SMILES string of the molecule is CCN1CCCC1Oc1ccc(Br)cc1. The van der Waals surface area contributed by atoms with E-state index in [1.54, 1.807) is 0 Å². The van der Waals surface area contributed by atoms with Crippen LogP contribution in [0.15, 0.2) is 28.7 Å². The van der Waals surface area contributed by atoms with E-state index in [9.17, 15) is 0 Å². The lowest BCUT2D eigenvalue weighted by Crippen LogP contribution is -2.33. The Morgan fingerprint density at radius 1 is 1.40 bits per heavy atom. The topological polar surface area (TPSA) is 12.5 Å². The van der Waals surface area contributed by atoms with Crippen molar-refractivity contribution in [1.29, 1.82) is 0 Å². The van der Waals surface area contributed by atoms with E-state index in [-0.39, 0.29) is 6.23 Å². The lowest BCUT2D eigenvalue weighted by atomic mass is 10.3. The van der Waals surface area contributed by atoms with Gasteiger partial charge in [-0.05, 0) is 43.7 Å². The van der Waals surface area contributed by atoms with Gasteiger partial charge in [0.2, 0.25) is 0 Å². The molecule has 0 aromatic heterocycles. The molecule has 1 aromatic rings. The van der Waals surface area contributed by atoms with E-state index in [4.69, 9.17) is 4.74 Å². The number of rotatable bonds is 3. The minimum absolute atomic E-state index is 0.274. The lowest BCUT2D eigenvalue weighted by Gasteiger charge is -2.23. The number of halogens is 1. The Kier molecular flexibility index (Phi) is 3.65. The van der Waals surface area contributed by atoms with Gasteiger partial charge in [-0.2, -0.15) is 0 Å². The highest BCUT2D eigenvalue weighted by molar-refractivity contribution is 9.10. The molecule has 0 N–H and O–H groups in total. The highest BCUT2D eigenvalue weighted by Gasteiger charge is 2.24. The summed E-state index contributed by atoms with van der Waals surface area (Å²) in [5.41, 5.74) is 0. The van der Waals surface area contributed by atoms with Gasteiger partial charge in [-0.3, -0.25) is 4.90 Å². The molecule has 3 heteroatoms. The maximum atomic E-state index is 5.94. The molecule has 1 atom stereocenters. The first-order chi connectivity index (χ1) is 7.29. The molecule has 2 rings (SSSR count). The quantitative estimate of drug-likeness (QED) is 0.835. The normalized spacial score (nSPS) is 21.9. The number of hydrogen-bond donors (Lipinski definition) is 0. The van der Waals surface area contributed by atoms with Gasteiger partial charge in [-0.25, -0.2) is 0 Å². The van der Waals surface area contributed by atoms with Gasteiger partial charge >= 0.3 is 0 Å². The largest absolute Gasteiger partial charge is 0.475 e. The predicted molar refractivity (Wildman–Crippen MR) is 65.0 cm³/mol. The van der Waals surface area contributed by atoms with Gasteiger partial charge < -0.3 is 4.74 Å². The van der Waals surface area contributed by atoms with Gasteiger partial charge in [0.1, 0.15) is 5.75 Å². The van der Waals surface area contributed by atoms with Crippen molar-refractivity contribution >= 4 is 15.9 Å². The molecule has 15 heavy (non-hydrogen) atoms. The maximum absolute atomic E-state index is 5.94. The van der Waals surface area contributed by atoms with Crippen LogP contribution in [0.1, 0.15) is 19.8 Å². The molecule has 1 unspecified atom stereocenters. The van der Waals surface area contributed by atoms with Gasteiger partial charge in [-0.1, -0.05) is 22.9 Å². The third-order valence-electron chi connectivity index (χ3n) is 2.80. The zero-order valence-corrected chi connectivity index (χ0v) is 10.5. The van der Waals surface area contributed by atoms with Crippen LogP contribution in [0.2, 0.25) is 0 Å². The second-order valence-corrected chi connectivity index (χ2v) is 4.71. The highest BCUT2D eigenvalue weighted by atomic mass is 79.9. The van der Waals surface area contributed by atoms with E-state index in [1.807, 2.05) is 24.3 Å². The number of ether oxygens (including phenoxy) is 1. The molecule has 0 radical (unpaired) electrons. The van der Waals surface area contributed by atoms with Crippen LogP contribution >= 0.6 is 15.9 Å². The molecule has 1 aliphatic rings. The Bertz CT molecular complexity index is 312. The predicted octanol–water partition coefficient (Wildman–Crippen LogP) is 3.27. The van der Waals surface area contributed by atoms with Crippen molar-refractivity contribution in [2.75, 3.05) is 13.1 Å². The Hall–Kier alpha value is -0.540. The fourth-order valence-corrected chi connectivity index (χ4v) is 2.23. The molecule has 2 nitrogen and oxygen atoms in total. The van der Waals surface area contributed by atoms with E-state index in [0.717, 1.165) is 29.7 Å². The van der Waals surface area contributed by atoms with Crippen LogP contribution in [0.5, 0.6) is 5.75 Å². The van der Waals surface area contributed by atoms with Gasteiger partial charge in [0.25, 0.3) is 0 Å². The first-order valence-electron chi connectivity index (χ1n) is 5.46. The van der Waals surface area contributed by atoms with E-state index < -0.39 is 0 Å². The fraction of sp³-hybridized carbons (Fsp3) is 0.500. The standard InChI is InChI=1S/C12H16BrNO/c1-2-14-9-3-4-12(14)15-11-7-5-10(13)6-8-11/h5-8,12H,2-4,9H2,1H3. The van der Waals surface area contributed by atoms with Crippen molar-refractivity contribution in [1.82, 2.24) is 4.90 Å². The molecular weight excluding hydrogens is 254 g/mol. The molecule has 0 aliphatic carbocycles. The zero-order chi connectivity index (χ0) is 10.7. The molecule has 1 heterocycles. The molecule has 0 amide bonds. The minimum atomic E-state index is 0.274. The van der Waals surface area contributed by atoms with E-state index >= 15 is 0 Å². The van der Waals surface area contributed by atoms with Crippen LogP contribution in [0.3, 0.4) is 0 Å². The molecule has 0 bridgehead atoms. The summed E-state index contributed by atoms with van der Waals surface area (Å²) in [5, 5.41) is 0. The summed E-state index contributed by atoms with van der Waals surface area (Å²) in [4.78, 5) is 2.38. The number of nitrogens with zero attached hydrogens (tertiary/aromatic N) is 1. The summed E-state index contributed by atoms with van der Waals surface area (Å²) in [6.07, 6.45) is 2.66. The van der Waals surface area contributed by atoms with Crippen molar-refractivity contribution < 1.29 is 4.74 Å². The Morgan fingerprint density at radius 3 is 2.80 bits per heavy atom. The number of likely N-dealkylation sites (tertiary alicyclic amines) is 1. The average Bonchev–Trinajstić information content (AvgIpc) is 2.69.